The van der Waals surface area contributed by atoms with Gasteiger partial charge in [0.1, 0.15) is 0 Å². The Morgan fingerprint density at radius 1 is 1.17 bits per heavy atom. The van der Waals surface area contributed by atoms with Crippen molar-refractivity contribution in [3.63, 3.8) is 0 Å². The van der Waals surface area contributed by atoms with Crippen molar-refractivity contribution >= 4 is 50.9 Å². The highest BCUT2D eigenvalue weighted by atomic mass is 79.9. The van der Waals surface area contributed by atoms with Crippen molar-refractivity contribution in [3.8, 4) is 0 Å². The molecule has 2 amide bonds. The number of nitrogens with one attached hydrogen (secondary N) is 2. The summed E-state index contributed by atoms with van der Waals surface area (Å²) in [6.07, 6.45) is 0.663. The Morgan fingerprint density at radius 2 is 1.96 bits per heavy atom. The summed E-state index contributed by atoms with van der Waals surface area (Å²) in [5.41, 5.74) is 2.01. The quantitative estimate of drug-likeness (QED) is 0.691. The van der Waals surface area contributed by atoms with E-state index in [9.17, 15) is 9.59 Å². The summed E-state index contributed by atoms with van der Waals surface area (Å²) in [5, 5.41) is 5.99. The third kappa shape index (κ3) is 5.54. The van der Waals surface area contributed by atoms with Gasteiger partial charge in [-0.2, -0.15) is 0 Å². The smallest absolute Gasteiger partial charge is 0.323 e. The second-order valence-corrected chi connectivity index (χ2v) is 6.32. The maximum atomic E-state index is 12.2. The Bertz CT molecular complexity index is 752. The molecule has 0 aliphatic rings. The first-order chi connectivity index (χ1) is 11.5. The van der Waals surface area contributed by atoms with Crippen LogP contribution in [0.1, 0.15) is 12.0 Å². The molecule has 0 spiro atoms. The number of carbonyl (C=O) groups excluding carboxylic acids is 2. The number of rotatable bonds is 5. The van der Waals surface area contributed by atoms with E-state index >= 15 is 0 Å². The standard InChI is InChI=1S/C17H16BrClN2O3/c1-24-16(22)8-6-11-5-7-13(19)10-15(11)21-17(23)20-14-4-2-3-12(18)9-14/h2-5,7,9-10H,6,8H2,1H3,(H2,20,21,23). The summed E-state index contributed by atoms with van der Waals surface area (Å²) in [7, 11) is 1.34. The fourth-order valence-corrected chi connectivity index (χ4v) is 2.64. The fraction of sp³-hybridized carbons (Fsp3) is 0.176. The summed E-state index contributed by atoms with van der Waals surface area (Å²) >= 11 is 9.35. The molecule has 0 aromatic heterocycles. The molecule has 2 aromatic carbocycles. The van der Waals surface area contributed by atoms with Crippen molar-refractivity contribution < 1.29 is 14.3 Å². The van der Waals surface area contributed by atoms with E-state index in [0.29, 0.717) is 22.8 Å². The zero-order chi connectivity index (χ0) is 17.5. The number of anilines is 2. The number of methoxy groups -OCH3 is 1. The van der Waals surface area contributed by atoms with Crippen LogP contribution in [0.2, 0.25) is 5.02 Å². The van der Waals surface area contributed by atoms with E-state index in [-0.39, 0.29) is 12.4 Å². The molecule has 24 heavy (non-hydrogen) atoms. The van der Waals surface area contributed by atoms with Gasteiger partial charge in [-0.15, -0.1) is 0 Å². The van der Waals surface area contributed by atoms with Gasteiger partial charge in [0.05, 0.1) is 7.11 Å². The maximum Gasteiger partial charge on any atom is 0.323 e. The number of benzene rings is 2. The first kappa shape index (κ1) is 18.3. The molecule has 0 aliphatic heterocycles. The van der Waals surface area contributed by atoms with Crippen LogP contribution in [-0.4, -0.2) is 19.1 Å². The van der Waals surface area contributed by atoms with E-state index in [1.807, 2.05) is 12.1 Å². The molecular formula is C17H16BrClN2O3. The molecule has 0 unspecified atom stereocenters. The lowest BCUT2D eigenvalue weighted by Gasteiger charge is -2.12. The fourth-order valence-electron chi connectivity index (χ4n) is 2.07. The highest BCUT2D eigenvalue weighted by molar-refractivity contribution is 9.10. The number of aryl methyl sites for hydroxylation is 1. The molecular weight excluding hydrogens is 396 g/mol. The summed E-state index contributed by atoms with van der Waals surface area (Å²) in [5.74, 6) is -0.311. The zero-order valence-electron chi connectivity index (χ0n) is 12.9. The molecule has 0 saturated carbocycles. The topological polar surface area (TPSA) is 67.4 Å². The Labute approximate surface area is 153 Å². The molecule has 0 saturated heterocycles. The minimum atomic E-state index is -0.394. The monoisotopic (exact) mass is 410 g/mol. The van der Waals surface area contributed by atoms with Crippen LogP contribution in [0.5, 0.6) is 0 Å². The number of carbonyl (C=O) groups is 2. The molecule has 126 valence electrons. The number of ether oxygens (including phenoxy) is 1. The molecule has 2 rings (SSSR count). The predicted molar refractivity (Wildman–Crippen MR) is 98.6 cm³/mol. The van der Waals surface area contributed by atoms with Crippen LogP contribution in [0, 0.1) is 0 Å². The Hall–Kier alpha value is -2.05. The number of hydrogen-bond acceptors (Lipinski definition) is 3. The Kier molecular flexibility index (Phi) is 6.63. The Balaban J connectivity index is 2.08. The van der Waals surface area contributed by atoms with E-state index < -0.39 is 6.03 Å². The number of amides is 2. The average molecular weight is 412 g/mol. The van der Waals surface area contributed by atoms with Crippen molar-refractivity contribution in [2.45, 2.75) is 12.8 Å². The molecule has 0 heterocycles. The third-order valence-corrected chi connectivity index (χ3v) is 3.96. The molecule has 5 nitrogen and oxygen atoms in total. The van der Waals surface area contributed by atoms with Crippen molar-refractivity contribution in [2.24, 2.45) is 0 Å². The van der Waals surface area contributed by atoms with Crippen LogP contribution in [-0.2, 0) is 16.0 Å². The molecule has 0 radical (unpaired) electrons. The van der Waals surface area contributed by atoms with E-state index in [4.69, 9.17) is 11.6 Å². The van der Waals surface area contributed by atoms with Gasteiger partial charge in [0, 0.05) is 27.3 Å². The molecule has 2 aromatic rings. The lowest BCUT2D eigenvalue weighted by atomic mass is 10.1. The first-order valence-corrected chi connectivity index (χ1v) is 8.34. The van der Waals surface area contributed by atoms with Crippen LogP contribution in [0.4, 0.5) is 16.2 Å². The van der Waals surface area contributed by atoms with Gasteiger partial charge in [-0.3, -0.25) is 4.79 Å². The third-order valence-electron chi connectivity index (χ3n) is 3.23. The molecule has 0 bridgehead atoms. The second kappa shape index (κ2) is 8.70. The van der Waals surface area contributed by atoms with Crippen LogP contribution in [0.3, 0.4) is 0 Å². The minimum absolute atomic E-state index is 0.222. The van der Waals surface area contributed by atoms with Gasteiger partial charge < -0.3 is 15.4 Å². The van der Waals surface area contributed by atoms with Crippen molar-refractivity contribution in [3.05, 3.63) is 57.5 Å². The predicted octanol–water partition coefficient (Wildman–Crippen LogP) is 4.85. The van der Waals surface area contributed by atoms with E-state index in [0.717, 1.165) is 10.0 Å². The van der Waals surface area contributed by atoms with Gasteiger partial charge in [0.25, 0.3) is 0 Å². The van der Waals surface area contributed by atoms with Gasteiger partial charge in [0.2, 0.25) is 0 Å². The van der Waals surface area contributed by atoms with E-state index in [1.54, 1.807) is 30.3 Å². The molecule has 0 aliphatic carbocycles. The zero-order valence-corrected chi connectivity index (χ0v) is 15.3. The maximum absolute atomic E-state index is 12.2. The van der Waals surface area contributed by atoms with Crippen LogP contribution >= 0.6 is 27.5 Å². The average Bonchev–Trinajstić information content (AvgIpc) is 2.53. The summed E-state index contributed by atoms with van der Waals surface area (Å²) in [6, 6.07) is 12.0. The highest BCUT2D eigenvalue weighted by Gasteiger charge is 2.10. The van der Waals surface area contributed by atoms with Crippen LogP contribution in [0.25, 0.3) is 0 Å². The molecule has 0 fully saturated rings. The molecule has 2 N–H and O–H groups in total. The summed E-state index contributed by atoms with van der Waals surface area (Å²) < 4.78 is 5.50. The summed E-state index contributed by atoms with van der Waals surface area (Å²) in [4.78, 5) is 23.5. The van der Waals surface area contributed by atoms with Crippen molar-refractivity contribution in [2.75, 3.05) is 17.7 Å². The van der Waals surface area contributed by atoms with Gasteiger partial charge in [-0.05, 0) is 42.3 Å². The first-order valence-electron chi connectivity index (χ1n) is 7.17. The van der Waals surface area contributed by atoms with E-state index in [1.165, 1.54) is 7.11 Å². The molecule has 0 atom stereocenters. The van der Waals surface area contributed by atoms with E-state index in [2.05, 4.69) is 31.3 Å². The number of urea groups is 1. The Morgan fingerprint density at radius 3 is 2.67 bits per heavy atom. The van der Waals surface area contributed by atoms with Crippen molar-refractivity contribution in [1.82, 2.24) is 0 Å². The lowest BCUT2D eigenvalue weighted by Crippen LogP contribution is -2.20. The number of hydrogen-bond donors (Lipinski definition) is 2. The number of halogens is 2. The van der Waals surface area contributed by atoms with Crippen LogP contribution < -0.4 is 10.6 Å². The van der Waals surface area contributed by atoms with Gasteiger partial charge in [-0.25, -0.2) is 4.79 Å². The van der Waals surface area contributed by atoms with Gasteiger partial charge in [0.15, 0.2) is 0 Å². The second-order valence-electron chi connectivity index (χ2n) is 4.97. The van der Waals surface area contributed by atoms with Gasteiger partial charge in [-0.1, -0.05) is 39.7 Å². The van der Waals surface area contributed by atoms with Crippen molar-refractivity contribution in [1.29, 1.82) is 0 Å². The lowest BCUT2D eigenvalue weighted by molar-refractivity contribution is -0.140. The molecule has 7 heteroatoms. The largest absolute Gasteiger partial charge is 0.469 e. The number of esters is 1. The minimum Gasteiger partial charge on any atom is -0.469 e. The normalized spacial score (nSPS) is 10.1. The SMILES string of the molecule is COC(=O)CCc1ccc(Cl)cc1NC(=O)Nc1cccc(Br)c1. The highest BCUT2D eigenvalue weighted by Crippen LogP contribution is 2.23. The van der Waals surface area contributed by atoms with Crippen LogP contribution in [0.15, 0.2) is 46.9 Å². The van der Waals surface area contributed by atoms with Gasteiger partial charge >= 0.3 is 12.0 Å². The summed E-state index contributed by atoms with van der Waals surface area (Å²) in [6.45, 7) is 0.